The molecule has 0 radical (unpaired) electrons. The molecule has 0 spiro atoms. The second kappa shape index (κ2) is 8.13. The van der Waals surface area contributed by atoms with Crippen molar-refractivity contribution in [1.29, 1.82) is 5.26 Å². The Hall–Kier alpha value is -2.69. The topological polar surface area (TPSA) is 89.2 Å². The molecule has 7 heteroatoms. The molecule has 1 N–H and O–H groups in total. The summed E-state index contributed by atoms with van der Waals surface area (Å²) in [6.07, 6.45) is 0. The van der Waals surface area contributed by atoms with Gasteiger partial charge < -0.3 is 14.8 Å². The highest BCUT2D eigenvalue weighted by Gasteiger charge is 2.38. The Bertz CT molecular complexity index is 883. The number of hydrogen-bond donors (Lipinski definition) is 1. The number of benzene rings is 1. The van der Waals surface area contributed by atoms with Crippen molar-refractivity contribution >= 4 is 5.91 Å². The number of carbonyl (C=O) groups excluding carboxylic acids is 1. The van der Waals surface area contributed by atoms with Crippen LogP contribution in [0.25, 0.3) is 0 Å². The largest absolute Gasteiger partial charge is 0.472 e. The van der Waals surface area contributed by atoms with Crippen LogP contribution < -0.4 is 10.1 Å². The molecule has 0 aliphatic carbocycles. The van der Waals surface area contributed by atoms with Crippen LogP contribution in [-0.2, 0) is 11.3 Å². The summed E-state index contributed by atoms with van der Waals surface area (Å²) in [6.45, 7) is 6.83. The minimum Gasteiger partial charge on any atom is -0.472 e. The van der Waals surface area contributed by atoms with E-state index in [1.165, 1.54) is 4.68 Å². The third kappa shape index (κ3) is 3.79. The Morgan fingerprint density at radius 2 is 2.11 bits per heavy atom. The van der Waals surface area contributed by atoms with Gasteiger partial charge in [0.15, 0.2) is 0 Å². The van der Waals surface area contributed by atoms with Gasteiger partial charge in [-0.3, -0.25) is 4.79 Å². The van der Waals surface area contributed by atoms with E-state index in [-0.39, 0.29) is 37.0 Å². The van der Waals surface area contributed by atoms with Crippen molar-refractivity contribution in [2.24, 2.45) is 5.41 Å². The van der Waals surface area contributed by atoms with Crippen LogP contribution in [0.2, 0.25) is 0 Å². The first-order chi connectivity index (χ1) is 13.4. The van der Waals surface area contributed by atoms with E-state index in [1.807, 2.05) is 37.3 Å². The number of aromatic nitrogens is 2. The van der Waals surface area contributed by atoms with E-state index >= 15 is 0 Å². The van der Waals surface area contributed by atoms with E-state index in [4.69, 9.17) is 9.47 Å². The lowest BCUT2D eigenvalue weighted by Crippen LogP contribution is -2.49. The quantitative estimate of drug-likeness (QED) is 0.792. The molecule has 1 aliphatic heterocycles. The molecule has 2 atom stereocenters. The molecule has 0 bridgehead atoms. The predicted molar refractivity (Wildman–Crippen MR) is 104 cm³/mol. The van der Waals surface area contributed by atoms with Crippen molar-refractivity contribution in [3.8, 4) is 11.9 Å². The zero-order chi connectivity index (χ0) is 20.3. The van der Waals surface area contributed by atoms with E-state index < -0.39 is 5.41 Å². The number of methoxy groups -OCH3 is 1. The van der Waals surface area contributed by atoms with Crippen LogP contribution in [-0.4, -0.2) is 42.0 Å². The van der Waals surface area contributed by atoms with Crippen LogP contribution in [0.3, 0.4) is 0 Å². The summed E-state index contributed by atoms with van der Waals surface area (Å²) < 4.78 is 12.4. The number of rotatable bonds is 7. The third-order valence-corrected chi connectivity index (χ3v) is 5.09. The van der Waals surface area contributed by atoms with Gasteiger partial charge in [0.25, 0.3) is 5.91 Å². The SMILES string of the molecule is COCC(C)(C)C(=O)n1nc(C2CNC2C)c(C#N)c1OCc1ccccc1. The lowest BCUT2D eigenvalue weighted by Gasteiger charge is -2.34. The number of nitrogens with one attached hydrogen (secondary N) is 1. The van der Waals surface area contributed by atoms with Gasteiger partial charge in [-0.25, -0.2) is 0 Å². The smallest absolute Gasteiger partial charge is 0.258 e. The minimum absolute atomic E-state index is 0.0771. The zero-order valence-corrected chi connectivity index (χ0v) is 16.7. The van der Waals surface area contributed by atoms with E-state index in [2.05, 4.69) is 16.5 Å². The second-order valence-corrected chi connectivity index (χ2v) is 7.79. The Labute approximate surface area is 165 Å². The van der Waals surface area contributed by atoms with E-state index in [0.717, 1.165) is 12.1 Å². The van der Waals surface area contributed by atoms with Crippen LogP contribution in [0.15, 0.2) is 30.3 Å². The van der Waals surface area contributed by atoms with Crippen LogP contribution in [0, 0.1) is 16.7 Å². The zero-order valence-electron chi connectivity index (χ0n) is 16.7. The van der Waals surface area contributed by atoms with Crippen molar-refractivity contribution in [2.45, 2.75) is 39.3 Å². The van der Waals surface area contributed by atoms with Crippen LogP contribution >= 0.6 is 0 Å². The number of carbonyl (C=O) groups is 1. The van der Waals surface area contributed by atoms with Crippen LogP contribution in [0.1, 0.15) is 48.3 Å². The Morgan fingerprint density at radius 1 is 1.39 bits per heavy atom. The van der Waals surface area contributed by atoms with Gasteiger partial charge >= 0.3 is 0 Å². The molecular formula is C21H26N4O3. The van der Waals surface area contributed by atoms with Crippen molar-refractivity contribution in [1.82, 2.24) is 15.1 Å². The number of nitriles is 1. The normalized spacial score (nSPS) is 19.0. The molecule has 0 saturated carbocycles. The average molecular weight is 382 g/mol. The Morgan fingerprint density at radius 3 is 2.64 bits per heavy atom. The van der Waals surface area contributed by atoms with Gasteiger partial charge in [0.05, 0.1) is 17.7 Å². The van der Waals surface area contributed by atoms with Crippen molar-refractivity contribution < 1.29 is 14.3 Å². The summed E-state index contributed by atoms with van der Waals surface area (Å²) in [7, 11) is 1.55. The summed E-state index contributed by atoms with van der Waals surface area (Å²) >= 11 is 0. The molecule has 1 fully saturated rings. The van der Waals surface area contributed by atoms with Gasteiger partial charge in [0.2, 0.25) is 5.88 Å². The summed E-state index contributed by atoms with van der Waals surface area (Å²) in [6, 6.07) is 12.0. The van der Waals surface area contributed by atoms with E-state index in [9.17, 15) is 10.1 Å². The van der Waals surface area contributed by atoms with Gasteiger partial charge in [0.1, 0.15) is 18.2 Å². The molecule has 2 unspecified atom stereocenters. The molecule has 28 heavy (non-hydrogen) atoms. The lowest BCUT2D eigenvalue weighted by molar-refractivity contribution is 0.0509. The maximum Gasteiger partial charge on any atom is 0.258 e. The fourth-order valence-electron chi connectivity index (χ4n) is 3.29. The first-order valence-electron chi connectivity index (χ1n) is 9.36. The van der Waals surface area contributed by atoms with E-state index in [0.29, 0.717) is 11.3 Å². The second-order valence-electron chi connectivity index (χ2n) is 7.79. The van der Waals surface area contributed by atoms with E-state index in [1.54, 1.807) is 21.0 Å². The number of ether oxygens (including phenoxy) is 2. The minimum atomic E-state index is -0.806. The van der Waals surface area contributed by atoms with Crippen LogP contribution in [0.4, 0.5) is 0 Å². The van der Waals surface area contributed by atoms with Crippen molar-refractivity contribution in [3.05, 3.63) is 47.2 Å². The summed E-state index contributed by atoms with van der Waals surface area (Å²) in [4.78, 5) is 13.2. The summed E-state index contributed by atoms with van der Waals surface area (Å²) in [5.41, 5.74) is 1.08. The molecule has 1 aromatic heterocycles. The fraction of sp³-hybridized carbons (Fsp3) is 0.476. The van der Waals surface area contributed by atoms with Crippen LogP contribution in [0.5, 0.6) is 5.88 Å². The first-order valence-corrected chi connectivity index (χ1v) is 9.36. The molecule has 0 amide bonds. The van der Waals surface area contributed by atoms with Crippen molar-refractivity contribution in [3.63, 3.8) is 0 Å². The number of hydrogen-bond acceptors (Lipinski definition) is 6. The highest BCUT2D eigenvalue weighted by atomic mass is 16.5. The monoisotopic (exact) mass is 382 g/mol. The summed E-state index contributed by atoms with van der Waals surface area (Å²) in [5, 5.41) is 17.6. The molecule has 1 saturated heterocycles. The Kier molecular flexibility index (Phi) is 5.82. The highest BCUT2D eigenvalue weighted by molar-refractivity contribution is 5.85. The molecule has 148 valence electrons. The van der Waals surface area contributed by atoms with Crippen molar-refractivity contribution in [2.75, 3.05) is 20.3 Å². The lowest BCUT2D eigenvalue weighted by atomic mass is 9.88. The standard InChI is InChI=1S/C21H26N4O3/c1-14-17(11-23-14)18-16(10-22)19(28-12-15-8-6-5-7-9-15)25(24-18)20(26)21(2,3)13-27-4/h5-9,14,17,23H,11-13H2,1-4H3. The maximum atomic E-state index is 13.2. The number of nitrogens with zero attached hydrogens (tertiary/aromatic N) is 3. The first kappa shape index (κ1) is 20.1. The molecule has 1 aromatic carbocycles. The fourth-order valence-corrected chi connectivity index (χ4v) is 3.29. The Balaban J connectivity index is 2.01. The van der Waals surface area contributed by atoms with Gasteiger partial charge in [-0.15, -0.1) is 0 Å². The van der Waals surface area contributed by atoms with Gasteiger partial charge in [0, 0.05) is 25.6 Å². The molecule has 1 aliphatic rings. The predicted octanol–water partition coefficient (Wildman–Crippen LogP) is 2.72. The average Bonchev–Trinajstić information content (AvgIpc) is 3.02. The maximum absolute atomic E-state index is 13.2. The van der Waals surface area contributed by atoms with Gasteiger partial charge in [-0.1, -0.05) is 30.3 Å². The molecule has 7 nitrogen and oxygen atoms in total. The highest BCUT2D eigenvalue weighted by Crippen LogP contribution is 2.34. The summed E-state index contributed by atoms with van der Waals surface area (Å²) in [5.74, 6) is 0.0167. The molecule has 2 aromatic rings. The third-order valence-electron chi connectivity index (χ3n) is 5.09. The molecule has 3 rings (SSSR count). The molecular weight excluding hydrogens is 356 g/mol. The molecule has 2 heterocycles. The van der Waals surface area contributed by atoms with Gasteiger partial charge in [-0.05, 0) is 26.3 Å². The van der Waals surface area contributed by atoms with Gasteiger partial charge in [-0.2, -0.15) is 15.0 Å².